The molecule has 0 saturated heterocycles. The molecule has 0 aliphatic rings. The molecular formula is C19H22F3N5O4. The third kappa shape index (κ3) is 5.32. The van der Waals surface area contributed by atoms with Crippen LogP contribution < -0.4 is 27.6 Å². The molecule has 0 aliphatic heterocycles. The van der Waals surface area contributed by atoms with Gasteiger partial charge in [-0.05, 0) is 37.1 Å². The van der Waals surface area contributed by atoms with Crippen molar-refractivity contribution in [2.45, 2.75) is 46.0 Å². The molecule has 2 amide bonds. The Bertz CT molecular complexity index is 1090. The monoisotopic (exact) mass is 441 g/mol. The van der Waals surface area contributed by atoms with Gasteiger partial charge in [0.1, 0.15) is 11.5 Å². The predicted octanol–water partition coefficient (Wildman–Crippen LogP) is 2.17. The standard InChI is InChI=1S/C19H22F3N5O4/c1-3-9-26-14(23)13(16(29)27(10-4-2)18(26)31)25-15(28)11-5-7-12(8-6-11)24-17(30)19(20,21)22/h5-8H,3-4,9-10,23H2,1-2H3,(H,24,30)(H,25,28). The first-order valence-corrected chi connectivity index (χ1v) is 9.43. The number of aromatic nitrogens is 2. The highest BCUT2D eigenvalue weighted by Gasteiger charge is 2.38. The lowest BCUT2D eigenvalue weighted by atomic mass is 10.2. The molecule has 1 heterocycles. The van der Waals surface area contributed by atoms with Gasteiger partial charge in [-0.2, -0.15) is 13.2 Å². The second-order valence-corrected chi connectivity index (χ2v) is 6.63. The van der Waals surface area contributed by atoms with Crippen LogP contribution in [0.3, 0.4) is 0 Å². The number of amides is 2. The van der Waals surface area contributed by atoms with Gasteiger partial charge in [0.25, 0.3) is 11.5 Å². The molecule has 0 spiro atoms. The van der Waals surface area contributed by atoms with Gasteiger partial charge in [0.2, 0.25) is 0 Å². The molecule has 1 aromatic carbocycles. The smallest absolute Gasteiger partial charge is 0.383 e. The van der Waals surface area contributed by atoms with Gasteiger partial charge < -0.3 is 16.4 Å². The molecule has 31 heavy (non-hydrogen) atoms. The number of nitrogens with two attached hydrogens (primary N) is 1. The summed E-state index contributed by atoms with van der Waals surface area (Å²) in [6.45, 7) is 3.98. The lowest BCUT2D eigenvalue weighted by Crippen LogP contribution is -2.42. The second-order valence-electron chi connectivity index (χ2n) is 6.63. The minimum absolute atomic E-state index is 0.000842. The fraction of sp³-hybridized carbons (Fsp3) is 0.368. The predicted molar refractivity (Wildman–Crippen MR) is 109 cm³/mol. The van der Waals surface area contributed by atoms with Crippen LogP contribution in [0.1, 0.15) is 37.0 Å². The van der Waals surface area contributed by atoms with Crippen LogP contribution in [0.25, 0.3) is 0 Å². The minimum atomic E-state index is -5.05. The molecule has 9 nitrogen and oxygen atoms in total. The zero-order chi connectivity index (χ0) is 23.3. The third-order valence-corrected chi connectivity index (χ3v) is 4.26. The molecule has 168 valence electrons. The van der Waals surface area contributed by atoms with Crippen LogP contribution in [0, 0.1) is 0 Å². The topological polar surface area (TPSA) is 128 Å². The molecule has 0 unspecified atom stereocenters. The molecule has 2 rings (SSSR count). The summed E-state index contributed by atoms with van der Waals surface area (Å²) in [5, 5.41) is 4.04. The molecule has 0 aliphatic carbocycles. The van der Waals surface area contributed by atoms with Crippen molar-refractivity contribution >= 4 is 29.0 Å². The number of alkyl halides is 3. The zero-order valence-corrected chi connectivity index (χ0v) is 16.9. The number of nitrogens with one attached hydrogen (secondary N) is 2. The lowest BCUT2D eigenvalue weighted by molar-refractivity contribution is -0.167. The van der Waals surface area contributed by atoms with Crippen LogP contribution in [0.2, 0.25) is 0 Å². The molecule has 12 heteroatoms. The van der Waals surface area contributed by atoms with Gasteiger partial charge in [0.15, 0.2) is 0 Å². The van der Waals surface area contributed by atoms with Crippen LogP contribution in [0.4, 0.5) is 30.4 Å². The van der Waals surface area contributed by atoms with Gasteiger partial charge in [-0.25, -0.2) is 4.79 Å². The molecule has 2 aromatic rings. The van der Waals surface area contributed by atoms with E-state index in [1.54, 1.807) is 12.2 Å². The van der Waals surface area contributed by atoms with Gasteiger partial charge in [-0.15, -0.1) is 0 Å². The summed E-state index contributed by atoms with van der Waals surface area (Å²) in [7, 11) is 0. The number of anilines is 3. The average Bonchev–Trinajstić information content (AvgIpc) is 2.71. The van der Waals surface area contributed by atoms with E-state index in [0.29, 0.717) is 12.8 Å². The number of halogens is 3. The van der Waals surface area contributed by atoms with E-state index < -0.39 is 29.2 Å². The molecule has 4 N–H and O–H groups in total. The van der Waals surface area contributed by atoms with Gasteiger partial charge in [0.05, 0.1) is 0 Å². The van der Waals surface area contributed by atoms with Crippen LogP contribution in [0.15, 0.2) is 33.9 Å². The Morgan fingerprint density at radius 2 is 1.52 bits per heavy atom. The number of hydrogen-bond donors (Lipinski definition) is 3. The highest BCUT2D eigenvalue weighted by molar-refractivity contribution is 6.05. The zero-order valence-electron chi connectivity index (χ0n) is 16.9. The van der Waals surface area contributed by atoms with E-state index in [4.69, 9.17) is 5.73 Å². The summed E-state index contributed by atoms with van der Waals surface area (Å²) in [6, 6.07) is 4.55. The molecule has 0 bridgehead atoms. The van der Waals surface area contributed by atoms with Crippen LogP contribution >= 0.6 is 0 Å². The molecule has 0 saturated carbocycles. The summed E-state index contributed by atoms with van der Waals surface area (Å²) < 4.78 is 39.1. The normalized spacial score (nSPS) is 11.3. The summed E-state index contributed by atoms with van der Waals surface area (Å²) in [4.78, 5) is 48.7. The van der Waals surface area contributed by atoms with Gasteiger partial charge >= 0.3 is 17.8 Å². The number of carbonyl (C=O) groups excluding carboxylic acids is 2. The van der Waals surface area contributed by atoms with Crippen molar-refractivity contribution in [3.8, 4) is 0 Å². The Kier molecular flexibility index (Phi) is 7.26. The molecule has 1 aromatic heterocycles. The number of nitrogen functional groups attached to an aromatic ring is 1. The van der Waals surface area contributed by atoms with Gasteiger partial charge in [-0.3, -0.25) is 23.5 Å². The molecule has 0 atom stereocenters. The van der Waals surface area contributed by atoms with Gasteiger partial charge in [-0.1, -0.05) is 13.8 Å². The third-order valence-electron chi connectivity index (χ3n) is 4.26. The van der Waals surface area contributed by atoms with Crippen LogP contribution in [-0.4, -0.2) is 27.1 Å². The van der Waals surface area contributed by atoms with E-state index in [0.717, 1.165) is 16.7 Å². The van der Waals surface area contributed by atoms with Crippen molar-refractivity contribution < 1.29 is 22.8 Å². The molecule has 0 fully saturated rings. The summed E-state index contributed by atoms with van der Waals surface area (Å²) in [5.41, 5.74) is 4.21. The Morgan fingerprint density at radius 3 is 2.03 bits per heavy atom. The first-order valence-electron chi connectivity index (χ1n) is 9.43. The van der Waals surface area contributed by atoms with Crippen molar-refractivity contribution in [1.82, 2.24) is 9.13 Å². The maximum Gasteiger partial charge on any atom is 0.471 e. The van der Waals surface area contributed by atoms with Crippen molar-refractivity contribution in [2.24, 2.45) is 0 Å². The summed E-state index contributed by atoms with van der Waals surface area (Å²) >= 11 is 0. The summed E-state index contributed by atoms with van der Waals surface area (Å²) in [5.74, 6) is -3.10. The van der Waals surface area contributed by atoms with E-state index in [-0.39, 0.29) is 35.8 Å². The van der Waals surface area contributed by atoms with Gasteiger partial charge in [0, 0.05) is 24.3 Å². The van der Waals surface area contributed by atoms with Crippen LogP contribution in [-0.2, 0) is 17.9 Å². The van der Waals surface area contributed by atoms with Crippen molar-refractivity contribution in [2.75, 3.05) is 16.4 Å². The first-order chi connectivity index (χ1) is 14.5. The van der Waals surface area contributed by atoms with Crippen molar-refractivity contribution in [1.29, 1.82) is 0 Å². The Morgan fingerprint density at radius 1 is 0.968 bits per heavy atom. The lowest BCUT2D eigenvalue weighted by Gasteiger charge is -2.16. The largest absolute Gasteiger partial charge is 0.471 e. The Hall–Kier alpha value is -3.57. The number of nitrogens with zero attached hydrogens (tertiary/aromatic N) is 2. The highest BCUT2D eigenvalue weighted by atomic mass is 19.4. The fourth-order valence-corrected chi connectivity index (χ4v) is 2.79. The second kappa shape index (κ2) is 9.49. The van der Waals surface area contributed by atoms with E-state index >= 15 is 0 Å². The number of benzene rings is 1. The van der Waals surface area contributed by atoms with E-state index in [2.05, 4.69) is 5.32 Å². The van der Waals surface area contributed by atoms with Crippen molar-refractivity contribution in [3.05, 3.63) is 50.7 Å². The first kappa shape index (κ1) is 23.7. The maximum absolute atomic E-state index is 12.7. The van der Waals surface area contributed by atoms with E-state index in [9.17, 15) is 32.3 Å². The Balaban J connectivity index is 2.34. The van der Waals surface area contributed by atoms with Crippen LogP contribution in [0.5, 0.6) is 0 Å². The van der Waals surface area contributed by atoms with E-state index in [1.807, 2.05) is 6.92 Å². The van der Waals surface area contributed by atoms with E-state index in [1.165, 1.54) is 16.7 Å². The minimum Gasteiger partial charge on any atom is -0.383 e. The Labute approximate surface area is 174 Å². The maximum atomic E-state index is 12.7. The molecular weight excluding hydrogens is 419 g/mol. The quantitative estimate of drug-likeness (QED) is 0.607. The SMILES string of the molecule is CCCn1c(N)c(NC(=O)c2ccc(NC(=O)C(F)(F)F)cc2)c(=O)n(CCC)c1=O. The molecule has 0 radical (unpaired) electrons. The van der Waals surface area contributed by atoms with Crippen molar-refractivity contribution in [3.63, 3.8) is 0 Å². The number of carbonyl (C=O) groups is 2. The fourth-order valence-electron chi connectivity index (χ4n) is 2.79. The average molecular weight is 441 g/mol. The highest BCUT2D eigenvalue weighted by Crippen LogP contribution is 2.19. The number of rotatable bonds is 7. The number of hydrogen-bond acceptors (Lipinski definition) is 5. The summed E-state index contributed by atoms with van der Waals surface area (Å²) in [6.07, 6.45) is -3.98.